The summed E-state index contributed by atoms with van der Waals surface area (Å²) in [5.74, 6) is 0.770. The zero-order valence-electron chi connectivity index (χ0n) is 9.48. The summed E-state index contributed by atoms with van der Waals surface area (Å²) in [6.07, 6.45) is 0. The second-order valence-corrected chi connectivity index (χ2v) is 5.50. The molecule has 1 aromatic heterocycles. The van der Waals surface area contributed by atoms with E-state index < -0.39 is 0 Å². The van der Waals surface area contributed by atoms with Crippen molar-refractivity contribution in [2.75, 3.05) is 7.11 Å². The van der Waals surface area contributed by atoms with E-state index in [1.807, 2.05) is 25.1 Å². The molecule has 90 valence electrons. The molecule has 1 atom stereocenters. The minimum absolute atomic E-state index is 0.0947. The molecule has 1 unspecified atom stereocenters. The van der Waals surface area contributed by atoms with Gasteiger partial charge in [0.25, 0.3) is 0 Å². The molecule has 2 N–H and O–H groups in total. The van der Waals surface area contributed by atoms with Crippen LogP contribution in [0.1, 0.15) is 18.0 Å². The maximum absolute atomic E-state index is 5.77. The fraction of sp³-hybridized carbons (Fsp3) is 0.273. The van der Waals surface area contributed by atoms with Crippen LogP contribution in [0.2, 0.25) is 0 Å². The van der Waals surface area contributed by atoms with Crippen LogP contribution in [-0.4, -0.2) is 17.3 Å². The normalized spacial score (nSPS) is 12.5. The Labute approximate surface area is 112 Å². The maximum Gasteiger partial charge on any atom is 0.151 e. The van der Waals surface area contributed by atoms with Crippen LogP contribution in [0, 0.1) is 0 Å². The van der Waals surface area contributed by atoms with Gasteiger partial charge in [0, 0.05) is 4.47 Å². The number of hydrogen-bond acceptors (Lipinski definition) is 5. The van der Waals surface area contributed by atoms with Gasteiger partial charge >= 0.3 is 0 Å². The van der Waals surface area contributed by atoms with Gasteiger partial charge in [0.1, 0.15) is 10.8 Å². The SMILES string of the molecule is COc1cc(Br)ccc1-c1nnc(C(C)N)s1. The second kappa shape index (κ2) is 5.12. The van der Waals surface area contributed by atoms with E-state index in [2.05, 4.69) is 26.1 Å². The predicted octanol–water partition coefficient (Wildman–Crippen LogP) is 3.00. The molecule has 0 saturated carbocycles. The van der Waals surface area contributed by atoms with Crippen LogP contribution in [0.3, 0.4) is 0 Å². The van der Waals surface area contributed by atoms with Crippen molar-refractivity contribution in [1.29, 1.82) is 0 Å². The van der Waals surface area contributed by atoms with Crippen LogP contribution >= 0.6 is 27.3 Å². The molecule has 1 aromatic carbocycles. The van der Waals surface area contributed by atoms with Crippen LogP contribution in [0.4, 0.5) is 0 Å². The number of methoxy groups -OCH3 is 1. The van der Waals surface area contributed by atoms with Crippen molar-refractivity contribution in [2.45, 2.75) is 13.0 Å². The van der Waals surface area contributed by atoms with E-state index in [1.165, 1.54) is 11.3 Å². The molecule has 0 fully saturated rings. The van der Waals surface area contributed by atoms with E-state index in [0.29, 0.717) is 0 Å². The van der Waals surface area contributed by atoms with Crippen molar-refractivity contribution in [3.63, 3.8) is 0 Å². The number of ether oxygens (including phenoxy) is 1. The summed E-state index contributed by atoms with van der Waals surface area (Å²) in [6.45, 7) is 1.89. The lowest BCUT2D eigenvalue weighted by molar-refractivity contribution is 0.416. The van der Waals surface area contributed by atoms with Gasteiger partial charge in [-0.25, -0.2) is 0 Å². The van der Waals surface area contributed by atoms with Crippen LogP contribution < -0.4 is 10.5 Å². The highest BCUT2D eigenvalue weighted by Gasteiger charge is 2.13. The summed E-state index contributed by atoms with van der Waals surface area (Å²) >= 11 is 4.89. The Bertz CT molecular complexity index is 527. The summed E-state index contributed by atoms with van der Waals surface area (Å²) in [7, 11) is 1.64. The monoisotopic (exact) mass is 313 g/mol. The molecule has 0 radical (unpaired) electrons. The third-order valence-electron chi connectivity index (χ3n) is 2.22. The first-order valence-electron chi connectivity index (χ1n) is 5.04. The highest BCUT2D eigenvalue weighted by molar-refractivity contribution is 9.10. The largest absolute Gasteiger partial charge is 0.496 e. The zero-order chi connectivity index (χ0) is 12.4. The Morgan fingerprint density at radius 3 is 2.76 bits per heavy atom. The van der Waals surface area contributed by atoms with E-state index in [0.717, 1.165) is 25.8 Å². The van der Waals surface area contributed by atoms with Crippen molar-refractivity contribution in [3.05, 3.63) is 27.7 Å². The topological polar surface area (TPSA) is 61.0 Å². The van der Waals surface area contributed by atoms with E-state index >= 15 is 0 Å². The lowest BCUT2D eigenvalue weighted by atomic mass is 10.2. The fourth-order valence-corrected chi connectivity index (χ4v) is 2.54. The molecule has 0 saturated heterocycles. The first-order valence-corrected chi connectivity index (χ1v) is 6.65. The second-order valence-electron chi connectivity index (χ2n) is 3.58. The Morgan fingerprint density at radius 2 is 2.18 bits per heavy atom. The Morgan fingerprint density at radius 1 is 1.41 bits per heavy atom. The molecule has 0 aliphatic heterocycles. The highest BCUT2D eigenvalue weighted by atomic mass is 79.9. The van der Waals surface area contributed by atoms with E-state index in [4.69, 9.17) is 10.5 Å². The van der Waals surface area contributed by atoms with E-state index in [1.54, 1.807) is 7.11 Å². The summed E-state index contributed by atoms with van der Waals surface area (Å²) in [5, 5.41) is 9.85. The lowest BCUT2D eigenvalue weighted by Crippen LogP contribution is -2.03. The average Bonchev–Trinajstić information content (AvgIpc) is 2.78. The first-order chi connectivity index (χ1) is 8.11. The van der Waals surface area contributed by atoms with Gasteiger partial charge in [0.2, 0.25) is 0 Å². The van der Waals surface area contributed by atoms with Crippen molar-refractivity contribution >= 4 is 27.3 Å². The minimum atomic E-state index is -0.0947. The quantitative estimate of drug-likeness (QED) is 0.946. The summed E-state index contributed by atoms with van der Waals surface area (Å²) in [6, 6.07) is 5.71. The third kappa shape index (κ3) is 2.65. The van der Waals surface area contributed by atoms with Gasteiger partial charge in [-0.2, -0.15) is 0 Å². The van der Waals surface area contributed by atoms with E-state index in [-0.39, 0.29) is 6.04 Å². The standard InChI is InChI=1S/C11H12BrN3OS/c1-6(13)10-14-15-11(17-10)8-4-3-7(12)5-9(8)16-2/h3-6H,13H2,1-2H3. The van der Waals surface area contributed by atoms with Crippen LogP contribution in [0.15, 0.2) is 22.7 Å². The van der Waals surface area contributed by atoms with Crippen LogP contribution in [0.25, 0.3) is 10.6 Å². The number of nitrogens with zero attached hydrogens (tertiary/aromatic N) is 2. The Balaban J connectivity index is 2.44. The molecule has 6 heteroatoms. The minimum Gasteiger partial charge on any atom is -0.496 e. The summed E-state index contributed by atoms with van der Waals surface area (Å²) in [4.78, 5) is 0. The molecule has 0 aliphatic carbocycles. The highest BCUT2D eigenvalue weighted by Crippen LogP contribution is 2.34. The summed E-state index contributed by atoms with van der Waals surface area (Å²) in [5.41, 5.74) is 6.70. The van der Waals surface area contributed by atoms with Crippen molar-refractivity contribution in [3.8, 4) is 16.3 Å². The van der Waals surface area contributed by atoms with Gasteiger partial charge in [-0.15, -0.1) is 10.2 Å². The molecule has 0 bridgehead atoms. The van der Waals surface area contributed by atoms with Gasteiger partial charge in [0.05, 0.1) is 18.7 Å². The van der Waals surface area contributed by atoms with Crippen molar-refractivity contribution in [1.82, 2.24) is 10.2 Å². The number of nitrogens with two attached hydrogens (primary N) is 1. The average molecular weight is 314 g/mol. The van der Waals surface area contributed by atoms with Crippen molar-refractivity contribution < 1.29 is 4.74 Å². The fourth-order valence-electron chi connectivity index (χ4n) is 1.37. The number of halogens is 1. The van der Waals surface area contributed by atoms with Gasteiger partial charge in [-0.05, 0) is 25.1 Å². The molecule has 0 aliphatic rings. The Hall–Kier alpha value is -0.980. The molecule has 1 heterocycles. The smallest absolute Gasteiger partial charge is 0.151 e. The number of aromatic nitrogens is 2. The molecule has 4 nitrogen and oxygen atoms in total. The predicted molar refractivity (Wildman–Crippen MR) is 72.2 cm³/mol. The zero-order valence-corrected chi connectivity index (χ0v) is 11.9. The maximum atomic E-state index is 5.77. The van der Waals surface area contributed by atoms with Crippen LogP contribution in [0.5, 0.6) is 5.75 Å². The lowest BCUT2D eigenvalue weighted by Gasteiger charge is -2.05. The summed E-state index contributed by atoms with van der Waals surface area (Å²) < 4.78 is 6.30. The number of benzene rings is 1. The van der Waals surface area contributed by atoms with Gasteiger partial charge < -0.3 is 10.5 Å². The van der Waals surface area contributed by atoms with Crippen LogP contribution in [-0.2, 0) is 0 Å². The first kappa shape index (κ1) is 12.5. The van der Waals surface area contributed by atoms with Crippen molar-refractivity contribution in [2.24, 2.45) is 5.73 Å². The number of rotatable bonds is 3. The van der Waals surface area contributed by atoms with Gasteiger partial charge in [0.15, 0.2) is 5.01 Å². The number of hydrogen-bond donors (Lipinski definition) is 1. The molecule has 0 amide bonds. The molecule has 2 rings (SSSR count). The molecular weight excluding hydrogens is 302 g/mol. The third-order valence-corrected chi connectivity index (χ3v) is 3.87. The van der Waals surface area contributed by atoms with Gasteiger partial charge in [-0.3, -0.25) is 0 Å². The molecule has 0 spiro atoms. The molecular formula is C11H12BrN3OS. The van der Waals surface area contributed by atoms with E-state index in [9.17, 15) is 0 Å². The van der Waals surface area contributed by atoms with Gasteiger partial charge in [-0.1, -0.05) is 27.3 Å². The molecule has 17 heavy (non-hydrogen) atoms. The Kier molecular flexibility index (Phi) is 3.76. The molecule has 2 aromatic rings.